The van der Waals surface area contributed by atoms with Crippen LogP contribution in [0.1, 0.15) is 12.7 Å². The van der Waals surface area contributed by atoms with E-state index in [1.807, 2.05) is 13.0 Å². The van der Waals surface area contributed by atoms with Crippen molar-refractivity contribution in [3.8, 4) is 10.6 Å². The number of hydrogen-bond acceptors (Lipinski definition) is 5. The maximum absolute atomic E-state index is 5.49. The molecule has 0 aliphatic rings. The van der Waals surface area contributed by atoms with E-state index in [2.05, 4.69) is 10.2 Å². The summed E-state index contributed by atoms with van der Waals surface area (Å²) in [5.74, 6) is 0.927. The Kier molecular flexibility index (Phi) is 2.02. The van der Waals surface area contributed by atoms with Gasteiger partial charge in [-0.05, 0) is 6.07 Å². The second kappa shape index (κ2) is 3.18. The maximum atomic E-state index is 5.49. The summed E-state index contributed by atoms with van der Waals surface area (Å²) in [7, 11) is 0. The summed E-state index contributed by atoms with van der Waals surface area (Å²) in [6.07, 6.45) is 2.51. The fourth-order valence-electron chi connectivity index (χ4n) is 1.15. The zero-order valence-electron chi connectivity index (χ0n) is 7.15. The first-order valence-corrected chi connectivity index (χ1v) is 4.78. The molecule has 0 amide bonds. The summed E-state index contributed by atoms with van der Waals surface area (Å²) in [5, 5.41) is 9.01. The molecule has 0 spiro atoms. The second-order valence-corrected chi connectivity index (χ2v) is 3.57. The molecule has 4 nitrogen and oxygen atoms in total. The molecule has 0 aliphatic heterocycles. The first-order valence-electron chi connectivity index (χ1n) is 3.97. The van der Waals surface area contributed by atoms with Crippen LogP contribution in [0.25, 0.3) is 10.6 Å². The highest BCUT2D eigenvalue weighted by Crippen LogP contribution is 2.28. The summed E-state index contributed by atoms with van der Waals surface area (Å²) in [4.78, 5) is 0. The molecular weight excluding hydrogens is 186 g/mol. The van der Waals surface area contributed by atoms with E-state index >= 15 is 0 Å². The van der Waals surface area contributed by atoms with Crippen LogP contribution in [0.2, 0.25) is 0 Å². The molecule has 0 atom stereocenters. The first kappa shape index (κ1) is 8.25. The van der Waals surface area contributed by atoms with Crippen LogP contribution in [0.4, 0.5) is 5.13 Å². The highest BCUT2D eigenvalue weighted by atomic mass is 32.1. The number of nitrogen functional groups attached to an aromatic ring is 1. The number of rotatable bonds is 2. The molecule has 2 aromatic heterocycles. The predicted octanol–water partition coefficient (Wildman–Crippen LogP) is 1.94. The Labute approximate surface area is 79.4 Å². The highest BCUT2D eigenvalue weighted by molar-refractivity contribution is 7.18. The lowest BCUT2D eigenvalue weighted by molar-refractivity contribution is 0.517. The molecule has 0 aromatic carbocycles. The van der Waals surface area contributed by atoms with E-state index in [0.717, 1.165) is 22.8 Å². The smallest absolute Gasteiger partial charge is 0.203 e. The van der Waals surface area contributed by atoms with Crippen LogP contribution in [0.15, 0.2) is 16.7 Å². The number of anilines is 1. The van der Waals surface area contributed by atoms with Crippen molar-refractivity contribution >= 4 is 16.5 Å². The molecule has 13 heavy (non-hydrogen) atoms. The number of nitrogens with zero attached hydrogens (tertiary/aromatic N) is 2. The molecular formula is C8H9N3OS. The van der Waals surface area contributed by atoms with E-state index in [1.165, 1.54) is 11.3 Å². The normalized spacial score (nSPS) is 10.5. The minimum Gasteiger partial charge on any atom is -0.469 e. The van der Waals surface area contributed by atoms with Gasteiger partial charge in [0.1, 0.15) is 5.76 Å². The fraction of sp³-hybridized carbons (Fsp3) is 0.250. The van der Waals surface area contributed by atoms with Crippen molar-refractivity contribution in [3.05, 3.63) is 18.1 Å². The molecule has 2 heterocycles. The van der Waals surface area contributed by atoms with Crippen LogP contribution in [0, 0.1) is 0 Å². The van der Waals surface area contributed by atoms with Gasteiger partial charge >= 0.3 is 0 Å². The van der Waals surface area contributed by atoms with Gasteiger partial charge < -0.3 is 10.2 Å². The van der Waals surface area contributed by atoms with Crippen molar-refractivity contribution in [2.45, 2.75) is 13.3 Å². The van der Waals surface area contributed by atoms with E-state index < -0.39 is 0 Å². The van der Waals surface area contributed by atoms with Gasteiger partial charge in [-0.3, -0.25) is 0 Å². The van der Waals surface area contributed by atoms with Crippen LogP contribution in [0.5, 0.6) is 0 Å². The Morgan fingerprint density at radius 2 is 2.38 bits per heavy atom. The molecule has 2 rings (SSSR count). The molecule has 0 unspecified atom stereocenters. The average Bonchev–Trinajstić information content (AvgIpc) is 2.71. The van der Waals surface area contributed by atoms with Gasteiger partial charge in [0, 0.05) is 6.42 Å². The number of hydrogen-bond donors (Lipinski definition) is 1. The Balaban J connectivity index is 2.45. The van der Waals surface area contributed by atoms with E-state index in [-0.39, 0.29) is 0 Å². The lowest BCUT2D eigenvalue weighted by Crippen LogP contribution is -1.81. The van der Waals surface area contributed by atoms with Gasteiger partial charge in [-0.1, -0.05) is 18.3 Å². The van der Waals surface area contributed by atoms with Crippen molar-refractivity contribution in [3.63, 3.8) is 0 Å². The number of aromatic nitrogens is 2. The van der Waals surface area contributed by atoms with Crippen LogP contribution < -0.4 is 5.73 Å². The number of nitrogens with two attached hydrogens (primary N) is 1. The molecule has 0 saturated carbocycles. The van der Waals surface area contributed by atoms with E-state index in [1.54, 1.807) is 6.26 Å². The number of aryl methyl sites for hydroxylation is 1. The summed E-state index contributed by atoms with van der Waals surface area (Å²) in [6.45, 7) is 2.03. The van der Waals surface area contributed by atoms with Crippen LogP contribution in [-0.4, -0.2) is 10.2 Å². The second-order valence-electron chi connectivity index (χ2n) is 2.56. The standard InChI is InChI=1S/C8H9N3OS/c1-2-6-5(3-4-12-6)7-10-11-8(9)13-7/h3-4H,2H2,1H3,(H2,9,11). The highest BCUT2D eigenvalue weighted by Gasteiger charge is 2.10. The van der Waals surface area contributed by atoms with E-state index in [0.29, 0.717) is 5.13 Å². The quantitative estimate of drug-likeness (QED) is 0.795. The predicted molar refractivity (Wildman–Crippen MR) is 51.4 cm³/mol. The lowest BCUT2D eigenvalue weighted by Gasteiger charge is -1.92. The number of furan rings is 1. The summed E-state index contributed by atoms with van der Waals surface area (Å²) >= 11 is 1.37. The van der Waals surface area contributed by atoms with Crippen molar-refractivity contribution in [2.75, 3.05) is 5.73 Å². The van der Waals surface area contributed by atoms with E-state index in [4.69, 9.17) is 10.2 Å². The molecule has 5 heteroatoms. The minimum absolute atomic E-state index is 0.484. The van der Waals surface area contributed by atoms with Gasteiger partial charge in [0.25, 0.3) is 0 Å². The molecule has 0 radical (unpaired) electrons. The minimum atomic E-state index is 0.484. The molecule has 0 aliphatic carbocycles. The van der Waals surface area contributed by atoms with Gasteiger partial charge in [0.15, 0.2) is 5.01 Å². The topological polar surface area (TPSA) is 64.9 Å². The Bertz CT molecular complexity index is 407. The van der Waals surface area contributed by atoms with Crippen molar-refractivity contribution in [1.29, 1.82) is 0 Å². The summed E-state index contributed by atoms with van der Waals surface area (Å²) in [6, 6.07) is 1.89. The van der Waals surface area contributed by atoms with Gasteiger partial charge in [-0.25, -0.2) is 0 Å². The van der Waals surface area contributed by atoms with Crippen molar-refractivity contribution in [2.24, 2.45) is 0 Å². The third-order valence-electron chi connectivity index (χ3n) is 1.74. The van der Waals surface area contributed by atoms with E-state index in [9.17, 15) is 0 Å². The molecule has 0 bridgehead atoms. The van der Waals surface area contributed by atoms with Crippen molar-refractivity contribution < 1.29 is 4.42 Å². The summed E-state index contributed by atoms with van der Waals surface area (Å²) in [5.41, 5.74) is 6.49. The third kappa shape index (κ3) is 1.42. The largest absolute Gasteiger partial charge is 0.469 e. The van der Waals surface area contributed by atoms with Crippen LogP contribution >= 0.6 is 11.3 Å². The zero-order valence-corrected chi connectivity index (χ0v) is 7.97. The zero-order chi connectivity index (χ0) is 9.26. The maximum Gasteiger partial charge on any atom is 0.203 e. The SMILES string of the molecule is CCc1occc1-c1nnc(N)s1. The first-order chi connectivity index (χ1) is 6.31. The molecule has 2 aromatic rings. The van der Waals surface area contributed by atoms with Crippen LogP contribution in [0.3, 0.4) is 0 Å². The van der Waals surface area contributed by atoms with Gasteiger partial charge in [-0.15, -0.1) is 10.2 Å². The Hall–Kier alpha value is -1.36. The van der Waals surface area contributed by atoms with Gasteiger partial charge in [0.05, 0.1) is 11.8 Å². The fourth-order valence-corrected chi connectivity index (χ4v) is 1.80. The molecule has 0 saturated heterocycles. The third-order valence-corrected chi connectivity index (χ3v) is 2.52. The Morgan fingerprint density at radius 1 is 1.54 bits per heavy atom. The lowest BCUT2D eigenvalue weighted by atomic mass is 10.2. The molecule has 2 N–H and O–H groups in total. The molecule has 68 valence electrons. The van der Waals surface area contributed by atoms with Gasteiger partial charge in [0.2, 0.25) is 5.13 Å². The molecule has 0 fully saturated rings. The monoisotopic (exact) mass is 195 g/mol. The van der Waals surface area contributed by atoms with Crippen LogP contribution in [-0.2, 0) is 6.42 Å². The van der Waals surface area contributed by atoms with Gasteiger partial charge in [-0.2, -0.15) is 0 Å². The average molecular weight is 195 g/mol. The Morgan fingerprint density at radius 3 is 3.00 bits per heavy atom. The van der Waals surface area contributed by atoms with Crippen molar-refractivity contribution in [1.82, 2.24) is 10.2 Å². The summed E-state index contributed by atoms with van der Waals surface area (Å²) < 4.78 is 5.28.